The SMILES string of the molecule is Cc1c(N)cc(S(=O)(=O)NCCCc2ncn[nH]2)cc1F. The Morgan fingerprint density at radius 2 is 2.19 bits per heavy atom. The third-order valence-electron chi connectivity index (χ3n) is 3.02. The number of aromatic amines is 1. The maximum absolute atomic E-state index is 13.6. The molecule has 114 valence electrons. The number of aromatic nitrogens is 3. The number of rotatable bonds is 6. The van der Waals surface area contributed by atoms with Gasteiger partial charge in [-0.2, -0.15) is 5.10 Å². The normalized spacial score (nSPS) is 11.7. The summed E-state index contributed by atoms with van der Waals surface area (Å²) in [6, 6.07) is 2.21. The van der Waals surface area contributed by atoms with E-state index in [2.05, 4.69) is 19.9 Å². The van der Waals surface area contributed by atoms with Crippen molar-refractivity contribution in [3.05, 3.63) is 35.7 Å². The molecule has 0 bridgehead atoms. The van der Waals surface area contributed by atoms with Gasteiger partial charge < -0.3 is 5.73 Å². The molecule has 0 aliphatic rings. The van der Waals surface area contributed by atoms with Gasteiger partial charge in [-0.15, -0.1) is 0 Å². The van der Waals surface area contributed by atoms with Crippen molar-refractivity contribution in [1.82, 2.24) is 19.9 Å². The number of hydrogen-bond acceptors (Lipinski definition) is 5. The van der Waals surface area contributed by atoms with Crippen LogP contribution in [0.15, 0.2) is 23.4 Å². The summed E-state index contributed by atoms with van der Waals surface area (Å²) in [5.41, 5.74) is 5.93. The van der Waals surface area contributed by atoms with Gasteiger partial charge in [-0.3, -0.25) is 5.10 Å². The summed E-state index contributed by atoms with van der Waals surface area (Å²) in [4.78, 5) is 3.75. The van der Waals surface area contributed by atoms with Gasteiger partial charge in [0.15, 0.2) is 0 Å². The monoisotopic (exact) mass is 313 g/mol. The van der Waals surface area contributed by atoms with Crippen molar-refractivity contribution in [2.45, 2.75) is 24.7 Å². The number of hydrogen-bond donors (Lipinski definition) is 3. The topological polar surface area (TPSA) is 114 Å². The number of halogens is 1. The highest BCUT2D eigenvalue weighted by Crippen LogP contribution is 2.20. The van der Waals surface area contributed by atoms with Crippen LogP contribution in [0.25, 0.3) is 0 Å². The Kier molecular flexibility index (Phi) is 4.53. The number of anilines is 1. The molecule has 0 atom stereocenters. The second kappa shape index (κ2) is 6.19. The van der Waals surface area contributed by atoms with Gasteiger partial charge >= 0.3 is 0 Å². The molecule has 0 radical (unpaired) electrons. The van der Waals surface area contributed by atoms with Crippen LogP contribution in [0.4, 0.5) is 10.1 Å². The summed E-state index contributed by atoms with van der Waals surface area (Å²) in [7, 11) is -3.78. The highest BCUT2D eigenvalue weighted by Gasteiger charge is 2.17. The zero-order valence-corrected chi connectivity index (χ0v) is 12.2. The zero-order chi connectivity index (χ0) is 15.5. The molecule has 9 heteroatoms. The molecule has 1 aromatic carbocycles. The van der Waals surface area contributed by atoms with Crippen LogP contribution in [0, 0.1) is 12.7 Å². The van der Waals surface area contributed by atoms with Crippen molar-refractivity contribution < 1.29 is 12.8 Å². The van der Waals surface area contributed by atoms with Crippen LogP contribution in [0.3, 0.4) is 0 Å². The van der Waals surface area contributed by atoms with E-state index in [0.717, 1.165) is 6.07 Å². The van der Waals surface area contributed by atoms with E-state index in [1.165, 1.54) is 19.3 Å². The standard InChI is InChI=1S/C12H16FN5O2S/c1-8-10(13)5-9(6-11(8)14)21(19,20)17-4-2-3-12-15-7-16-18-12/h5-7,17H,2-4,14H2,1H3,(H,15,16,18). The predicted octanol–water partition coefficient (Wildman–Crippen LogP) is 0.746. The summed E-state index contributed by atoms with van der Waals surface area (Å²) in [6.07, 6.45) is 2.49. The second-order valence-electron chi connectivity index (χ2n) is 4.55. The molecule has 7 nitrogen and oxygen atoms in total. The summed E-state index contributed by atoms with van der Waals surface area (Å²) in [5, 5.41) is 6.38. The summed E-state index contributed by atoms with van der Waals surface area (Å²) in [5.74, 6) is 0.0388. The first-order valence-corrected chi connectivity index (χ1v) is 7.78. The lowest BCUT2D eigenvalue weighted by Crippen LogP contribution is -2.25. The van der Waals surface area contributed by atoms with Gasteiger partial charge in [0.1, 0.15) is 18.0 Å². The molecule has 0 saturated carbocycles. The molecular weight excluding hydrogens is 297 g/mol. The lowest BCUT2D eigenvalue weighted by molar-refractivity contribution is 0.574. The molecular formula is C12H16FN5O2S. The van der Waals surface area contributed by atoms with Crippen LogP contribution in [0.1, 0.15) is 17.8 Å². The highest BCUT2D eigenvalue weighted by molar-refractivity contribution is 7.89. The molecule has 0 spiro atoms. The quantitative estimate of drug-likeness (QED) is 0.538. The molecule has 0 aliphatic carbocycles. The molecule has 0 unspecified atom stereocenters. The van der Waals surface area contributed by atoms with Gasteiger partial charge in [-0.1, -0.05) is 0 Å². The smallest absolute Gasteiger partial charge is 0.240 e. The fourth-order valence-corrected chi connectivity index (χ4v) is 2.85. The Morgan fingerprint density at radius 1 is 1.43 bits per heavy atom. The predicted molar refractivity (Wildman–Crippen MR) is 75.4 cm³/mol. The maximum Gasteiger partial charge on any atom is 0.240 e. The van der Waals surface area contributed by atoms with E-state index in [0.29, 0.717) is 18.7 Å². The Balaban J connectivity index is 1.98. The molecule has 21 heavy (non-hydrogen) atoms. The van der Waals surface area contributed by atoms with Crippen LogP contribution in [0.2, 0.25) is 0 Å². The lowest BCUT2D eigenvalue weighted by Gasteiger charge is -2.09. The van der Waals surface area contributed by atoms with E-state index in [9.17, 15) is 12.8 Å². The first-order valence-electron chi connectivity index (χ1n) is 6.29. The molecule has 4 N–H and O–H groups in total. The maximum atomic E-state index is 13.6. The average molecular weight is 313 g/mol. The van der Waals surface area contributed by atoms with Crippen LogP contribution in [-0.4, -0.2) is 30.1 Å². The zero-order valence-electron chi connectivity index (χ0n) is 11.4. The summed E-state index contributed by atoms with van der Waals surface area (Å²) in [6.45, 7) is 1.70. The fourth-order valence-electron chi connectivity index (χ4n) is 1.73. The first-order chi connectivity index (χ1) is 9.90. The molecule has 0 amide bonds. The Morgan fingerprint density at radius 3 is 2.81 bits per heavy atom. The molecule has 0 saturated heterocycles. The minimum atomic E-state index is -3.78. The van der Waals surface area contributed by atoms with Gasteiger partial charge in [-0.25, -0.2) is 22.5 Å². The Bertz CT molecular complexity index is 692. The Hall–Kier alpha value is -2.00. The van der Waals surface area contributed by atoms with Gasteiger partial charge in [0.25, 0.3) is 0 Å². The van der Waals surface area contributed by atoms with E-state index in [1.54, 1.807) is 0 Å². The third-order valence-corrected chi connectivity index (χ3v) is 4.46. The van der Waals surface area contributed by atoms with Crippen molar-refractivity contribution in [2.75, 3.05) is 12.3 Å². The molecule has 1 heterocycles. The molecule has 0 aliphatic heterocycles. The van der Waals surface area contributed by atoms with E-state index in [1.807, 2.05) is 0 Å². The van der Waals surface area contributed by atoms with E-state index in [-0.39, 0.29) is 22.7 Å². The second-order valence-corrected chi connectivity index (χ2v) is 6.32. The van der Waals surface area contributed by atoms with Gasteiger partial charge in [-0.05, 0) is 25.5 Å². The van der Waals surface area contributed by atoms with Gasteiger partial charge in [0.05, 0.1) is 4.90 Å². The van der Waals surface area contributed by atoms with Crippen LogP contribution >= 0.6 is 0 Å². The van der Waals surface area contributed by atoms with Crippen molar-refractivity contribution >= 4 is 15.7 Å². The molecule has 1 aromatic heterocycles. The number of aryl methyl sites for hydroxylation is 1. The van der Waals surface area contributed by atoms with Crippen molar-refractivity contribution in [3.8, 4) is 0 Å². The minimum absolute atomic E-state index is 0.108. The highest BCUT2D eigenvalue weighted by atomic mass is 32.2. The number of nitrogen functional groups attached to an aromatic ring is 1. The van der Waals surface area contributed by atoms with Gasteiger partial charge in [0, 0.05) is 24.2 Å². The van der Waals surface area contributed by atoms with Crippen molar-refractivity contribution in [3.63, 3.8) is 0 Å². The van der Waals surface area contributed by atoms with Crippen molar-refractivity contribution in [2.24, 2.45) is 0 Å². The fraction of sp³-hybridized carbons (Fsp3) is 0.333. The Labute approximate surface area is 121 Å². The first kappa shape index (κ1) is 15.4. The summed E-state index contributed by atoms with van der Waals surface area (Å²) < 4.78 is 40.0. The molecule has 2 rings (SSSR count). The number of nitrogens with zero attached hydrogens (tertiary/aromatic N) is 2. The number of H-pyrrole nitrogens is 1. The van der Waals surface area contributed by atoms with Crippen molar-refractivity contribution in [1.29, 1.82) is 0 Å². The number of benzene rings is 1. The average Bonchev–Trinajstić information content (AvgIpc) is 2.93. The van der Waals surface area contributed by atoms with Gasteiger partial charge in [0.2, 0.25) is 10.0 Å². The van der Waals surface area contributed by atoms with E-state index < -0.39 is 15.8 Å². The van der Waals surface area contributed by atoms with Crippen LogP contribution in [-0.2, 0) is 16.4 Å². The molecule has 2 aromatic rings. The van der Waals surface area contributed by atoms with Crippen LogP contribution < -0.4 is 10.5 Å². The lowest BCUT2D eigenvalue weighted by atomic mass is 10.2. The molecule has 0 fully saturated rings. The number of sulfonamides is 1. The minimum Gasteiger partial charge on any atom is -0.398 e. The number of nitrogens with two attached hydrogens (primary N) is 1. The third kappa shape index (κ3) is 3.76. The largest absolute Gasteiger partial charge is 0.398 e. The van der Waals surface area contributed by atoms with E-state index >= 15 is 0 Å². The number of nitrogens with one attached hydrogen (secondary N) is 2. The van der Waals surface area contributed by atoms with E-state index in [4.69, 9.17) is 5.73 Å². The van der Waals surface area contributed by atoms with Crippen LogP contribution in [0.5, 0.6) is 0 Å². The summed E-state index contributed by atoms with van der Waals surface area (Å²) >= 11 is 0.